The number of amides is 1. The van der Waals surface area contributed by atoms with Gasteiger partial charge < -0.3 is 10.4 Å². The Morgan fingerprint density at radius 3 is 2.59 bits per heavy atom. The van der Waals surface area contributed by atoms with E-state index in [1.807, 2.05) is 24.3 Å². The quantitative estimate of drug-likeness (QED) is 0.776. The van der Waals surface area contributed by atoms with Gasteiger partial charge in [0.1, 0.15) is 6.04 Å². The van der Waals surface area contributed by atoms with E-state index >= 15 is 0 Å². The number of benzene rings is 2. The lowest BCUT2D eigenvalue weighted by atomic mass is 9.99. The summed E-state index contributed by atoms with van der Waals surface area (Å²) in [5, 5.41) is 11.7. The van der Waals surface area contributed by atoms with Crippen molar-refractivity contribution in [2.75, 3.05) is 0 Å². The molecule has 0 bridgehead atoms. The second-order valence-electron chi connectivity index (χ2n) is 5.62. The lowest BCUT2D eigenvalue weighted by Gasteiger charge is -2.14. The Labute approximate surface area is 128 Å². The average Bonchev–Trinajstić information content (AvgIpc) is 2.84. The Morgan fingerprint density at radius 2 is 1.86 bits per heavy atom. The number of aliphatic carboxylic acids is 1. The summed E-state index contributed by atoms with van der Waals surface area (Å²) in [6.07, 6.45) is 1.20. The Bertz CT molecular complexity index is 752. The lowest BCUT2D eigenvalue weighted by molar-refractivity contribution is -0.141. The Morgan fingerprint density at radius 1 is 1.14 bits per heavy atom. The van der Waals surface area contributed by atoms with E-state index in [2.05, 4.69) is 23.5 Å². The van der Waals surface area contributed by atoms with Crippen molar-refractivity contribution in [3.63, 3.8) is 0 Å². The van der Waals surface area contributed by atoms with Crippen LogP contribution in [0, 0.1) is 0 Å². The van der Waals surface area contributed by atoms with E-state index < -0.39 is 12.0 Å². The van der Waals surface area contributed by atoms with Crippen molar-refractivity contribution in [3.05, 3.63) is 59.2 Å². The molecule has 2 aromatic carbocycles. The molecule has 0 spiro atoms. The Kier molecular flexibility index (Phi) is 3.67. The van der Waals surface area contributed by atoms with Crippen LogP contribution in [-0.4, -0.2) is 23.0 Å². The summed E-state index contributed by atoms with van der Waals surface area (Å²) >= 11 is 0. The van der Waals surface area contributed by atoms with Crippen LogP contribution in [0.15, 0.2) is 42.5 Å². The lowest BCUT2D eigenvalue weighted by Crippen LogP contribution is -2.41. The molecular formula is C18H17NO3. The standard InChI is InChI=1S/C18H17NO3/c1-11(20)19-17(18(21)22)9-12-6-7-14-10-13-4-2-3-5-15(13)16(14)8-12/h2-8,17H,9-10H2,1H3,(H,19,20)(H,21,22)/t17-/m1/s1. The predicted molar refractivity (Wildman–Crippen MR) is 83.6 cm³/mol. The maximum Gasteiger partial charge on any atom is 0.326 e. The van der Waals surface area contributed by atoms with Crippen LogP contribution in [0.25, 0.3) is 11.1 Å². The van der Waals surface area contributed by atoms with Gasteiger partial charge in [-0.25, -0.2) is 4.79 Å². The minimum atomic E-state index is -1.02. The zero-order valence-corrected chi connectivity index (χ0v) is 12.3. The molecule has 3 rings (SSSR count). The van der Waals surface area contributed by atoms with E-state index in [1.54, 1.807) is 0 Å². The van der Waals surface area contributed by atoms with Crippen molar-refractivity contribution < 1.29 is 14.7 Å². The SMILES string of the molecule is CC(=O)N[C@H](Cc1ccc2c(c1)-c1ccccc1C2)C(=O)O. The third-order valence-electron chi connectivity index (χ3n) is 3.98. The van der Waals surface area contributed by atoms with Crippen molar-refractivity contribution in [3.8, 4) is 11.1 Å². The highest BCUT2D eigenvalue weighted by atomic mass is 16.4. The van der Waals surface area contributed by atoms with E-state index in [0.717, 1.165) is 12.0 Å². The Hall–Kier alpha value is -2.62. The van der Waals surface area contributed by atoms with Crippen LogP contribution in [0.4, 0.5) is 0 Å². The maximum atomic E-state index is 11.3. The third kappa shape index (κ3) is 2.72. The predicted octanol–water partition coefficient (Wildman–Crippen LogP) is 2.39. The van der Waals surface area contributed by atoms with Crippen LogP contribution in [0.1, 0.15) is 23.6 Å². The normalized spacial score (nSPS) is 13.1. The van der Waals surface area contributed by atoms with Gasteiger partial charge in [0.15, 0.2) is 0 Å². The number of hydrogen-bond donors (Lipinski definition) is 2. The number of carboxylic acid groups (broad SMARTS) is 1. The van der Waals surface area contributed by atoms with Crippen LogP contribution in [0.2, 0.25) is 0 Å². The van der Waals surface area contributed by atoms with E-state index in [4.69, 9.17) is 0 Å². The smallest absolute Gasteiger partial charge is 0.326 e. The van der Waals surface area contributed by atoms with Crippen LogP contribution < -0.4 is 5.32 Å². The van der Waals surface area contributed by atoms with Crippen molar-refractivity contribution in [1.82, 2.24) is 5.32 Å². The van der Waals surface area contributed by atoms with Gasteiger partial charge in [-0.1, -0.05) is 42.5 Å². The van der Waals surface area contributed by atoms with Gasteiger partial charge in [-0.3, -0.25) is 4.79 Å². The molecule has 0 aromatic heterocycles. The molecule has 0 saturated heterocycles. The van der Waals surface area contributed by atoms with Crippen molar-refractivity contribution in [2.24, 2.45) is 0 Å². The van der Waals surface area contributed by atoms with Gasteiger partial charge in [-0.15, -0.1) is 0 Å². The molecule has 4 nitrogen and oxygen atoms in total. The van der Waals surface area contributed by atoms with Crippen molar-refractivity contribution in [2.45, 2.75) is 25.8 Å². The zero-order chi connectivity index (χ0) is 15.7. The summed E-state index contributed by atoms with van der Waals surface area (Å²) in [6.45, 7) is 1.33. The van der Waals surface area contributed by atoms with E-state index in [0.29, 0.717) is 0 Å². The van der Waals surface area contributed by atoms with Gasteiger partial charge in [0.2, 0.25) is 5.91 Å². The molecule has 2 aromatic rings. The molecular weight excluding hydrogens is 278 g/mol. The summed E-state index contributed by atoms with van der Waals surface area (Å²) in [6, 6.07) is 13.4. The van der Waals surface area contributed by atoms with Crippen LogP contribution in [-0.2, 0) is 22.4 Å². The van der Waals surface area contributed by atoms with Gasteiger partial charge in [-0.2, -0.15) is 0 Å². The minimum Gasteiger partial charge on any atom is -0.480 e. The number of carbonyl (C=O) groups is 2. The first kappa shape index (κ1) is 14.3. The topological polar surface area (TPSA) is 66.4 Å². The molecule has 1 aliphatic carbocycles. The highest BCUT2D eigenvalue weighted by molar-refractivity contribution is 5.82. The third-order valence-corrected chi connectivity index (χ3v) is 3.98. The van der Waals surface area contributed by atoms with Gasteiger partial charge in [-0.05, 0) is 34.2 Å². The average molecular weight is 295 g/mol. The molecule has 1 atom stereocenters. The highest BCUT2D eigenvalue weighted by Crippen LogP contribution is 2.36. The Balaban J connectivity index is 1.89. The van der Waals surface area contributed by atoms with Crippen LogP contribution in [0.5, 0.6) is 0 Å². The highest BCUT2D eigenvalue weighted by Gasteiger charge is 2.21. The van der Waals surface area contributed by atoms with E-state index in [9.17, 15) is 14.7 Å². The molecule has 112 valence electrons. The largest absolute Gasteiger partial charge is 0.480 e. The fraction of sp³-hybridized carbons (Fsp3) is 0.222. The minimum absolute atomic E-state index is 0.282. The van der Waals surface area contributed by atoms with Gasteiger partial charge in [0.25, 0.3) is 0 Å². The second kappa shape index (κ2) is 5.64. The molecule has 2 N–H and O–H groups in total. The van der Waals surface area contributed by atoms with Crippen LogP contribution >= 0.6 is 0 Å². The first-order valence-corrected chi connectivity index (χ1v) is 7.24. The van der Waals surface area contributed by atoms with Crippen molar-refractivity contribution >= 4 is 11.9 Å². The summed E-state index contributed by atoms with van der Waals surface area (Å²) in [7, 11) is 0. The molecule has 0 fully saturated rings. The number of carboxylic acids is 1. The molecule has 0 saturated carbocycles. The maximum absolute atomic E-state index is 11.3. The molecule has 0 unspecified atom stereocenters. The summed E-state index contributed by atoms with van der Waals surface area (Å²) < 4.78 is 0. The molecule has 4 heteroatoms. The van der Waals surface area contributed by atoms with Crippen molar-refractivity contribution in [1.29, 1.82) is 0 Å². The monoisotopic (exact) mass is 295 g/mol. The molecule has 1 amide bonds. The van der Waals surface area contributed by atoms with E-state index in [1.165, 1.54) is 29.2 Å². The number of carbonyl (C=O) groups excluding carboxylic acids is 1. The summed E-state index contributed by atoms with van der Waals surface area (Å²) in [5.74, 6) is -1.35. The molecule has 1 aliphatic rings. The van der Waals surface area contributed by atoms with E-state index in [-0.39, 0.29) is 12.3 Å². The fourth-order valence-electron chi connectivity index (χ4n) is 2.98. The van der Waals surface area contributed by atoms with Gasteiger partial charge in [0.05, 0.1) is 0 Å². The van der Waals surface area contributed by atoms with Gasteiger partial charge >= 0.3 is 5.97 Å². The molecule has 22 heavy (non-hydrogen) atoms. The number of fused-ring (bicyclic) bond motifs is 3. The van der Waals surface area contributed by atoms with Crippen LogP contribution in [0.3, 0.4) is 0 Å². The fourth-order valence-corrected chi connectivity index (χ4v) is 2.98. The molecule has 0 heterocycles. The number of rotatable bonds is 4. The zero-order valence-electron chi connectivity index (χ0n) is 12.3. The molecule has 0 radical (unpaired) electrons. The number of nitrogens with one attached hydrogen (secondary N) is 1. The molecule has 0 aliphatic heterocycles. The first-order valence-electron chi connectivity index (χ1n) is 7.24. The summed E-state index contributed by atoms with van der Waals surface area (Å²) in [4.78, 5) is 22.4. The van der Waals surface area contributed by atoms with Gasteiger partial charge in [0, 0.05) is 13.3 Å². The first-order chi connectivity index (χ1) is 10.5. The number of hydrogen-bond acceptors (Lipinski definition) is 2. The second-order valence-corrected chi connectivity index (χ2v) is 5.62. The summed E-state index contributed by atoms with van der Waals surface area (Å²) in [5.41, 5.74) is 5.85.